The Morgan fingerprint density at radius 1 is 1.10 bits per heavy atom. The molecule has 1 amide bonds. The summed E-state index contributed by atoms with van der Waals surface area (Å²) in [6.07, 6.45) is 1.74. The van der Waals surface area contributed by atoms with E-state index in [0.717, 1.165) is 58.1 Å². The number of aryl methyl sites for hydroxylation is 1. The third-order valence-corrected chi connectivity index (χ3v) is 7.30. The van der Waals surface area contributed by atoms with E-state index in [-0.39, 0.29) is 12.2 Å². The number of piperazine rings is 1. The summed E-state index contributed by atoms with van der Waals surface area (Å²) in [6, 6.07) is 14.5. The number of amides is 1. The van der Waals surface area contributed by atoms with Crippen molar-refractivity contribution >= 4 is 44.9 Å². The largest absolute Gasteiger partial charge is 0.347 e. The molecular weight excluding hydrogens is 406 g/mol. The maximum Gasteiger partial charge on any atom is 0.264 e. The summed E-state index contributed by atoms with van der Waals surface area (Å²) in [4.78, 5) is 25.1. The van der Waals surface area contributed by atoms with Crippen molar-refractivity contribution in [2.75, 3.05) is 50.5 Å². The third-order valence-electron chi connectivity index (χ3n) is 6.21. The number of hydrogen-bond donors (Lipinski definition) is 1. The van der Waals surface area contributed by atoms with E-state index in [2.05, 4.69) is 66.5 Å². The standard InChI is InChI=1S/C24H27N5OS/c1-16-6-4-5-7-19(16)26-24-25-15-17-8-9-20-18(22(17)28(24)3)14-21(31-20)23(30)29-12-10-27(2)11-13-29/h4-9,14-15,24,26H,10-13H2,1-3H3. The monoisotopic (exact) mass is 433 g/mol. The average Bonchev–Trinajstić information content (AvgIpc) is 3.21. The number of nitrogens with one attached hydrogen (secondary N) is 1. The zero-order valence-corrected chi connectivity index (χ0v) is 18.9. The fraction of sp³-hybridized carbons (Fsp3) is 0.333. The first-order valence-corrected chi connectivity index (χ1v) is 11.5. The molecule has 0 spiro atoms. The van der Waals surface area contributed by atoms with E-state index in [9.17, 15) is 4.79 Å². The predicted molar refractivity (Wildman–Crippen MR) is 130 cm³/mol. The smallest absolute Gasteiger partial charge is 0.264 e. The van der Waals surface area contributed by atoms with Gasteiger partial charge in [-0.05, 0) is 43.8 Å². The van der Waals surface area contributed by atoms with E-state index in [0.29, 0.717) is 0 Å². The summed E-state index contributed by atoms with van der Waals surface area (Å²) in [5.41, 5.74) is 4.45. The van der Waals surface area contributed by atoms with Crippen molar-refractivity contribution in [1.82, 2.24) is 9.80 Å². The van der Waals surface area contributed by atoms with Crippen molar-refractivity contribution in [3.8, 4) is 0 Å². The van der Waals surface area contributed by atoms with Gasteiger partial charge in [-0.1, -0.05) is 18.2 Å². The molecule has 5 rings (SSSR count). The number of fused-ring (bicyclic) bond motifs is 3. The minimum absolute atomic E-state index is 0.143. The number of hydrogen-bond acceptors (Lipinski definition) is 6. The van der Waals surface area contributed by atoms with Crippen molar-refractivity contribution in [2.24, 2.45) is 4.99 Å². The highest BCUT2D eigenvalue weighted by molar-refractivity contribution is 7.20. The Labute approximate surface area is 186 Å². The van der Waals surface area contributed by atoms with Crippen LogP contribution in [0.25, 0.3) is 10.1 Å². The van der Waals surface area contributed by atoms with Gasteiger partial charge in [-0.25, -0.2) is 4.99 Å². The van der Waals surface area contributed by atoms with E-state index in [1.165, 1.54) is 5.56 Å². The van der Waals surface area contributed by atoms with Crippen LogP contribution in [0.15, 0.2) is 47.5 Å². The van der Waals surface area contributed by atoms with Crippen LogP contribution in [0.3, 0.4) is 0 Å². The van der Waals surface area contributed by atoms with E-state index in [1.807, 2.05) is 23.2 Å². The summed E-state index contributed by atoms with van der Waals surface area (Å²) in [5, 5.41) is 4.66. The van der Waals surface area contributed by atoms with Gasteiger partial charge in [0.25, 0.3) is 5.91 Å². The summed E-state index contributed by atoms with van der Waals surface area (Å²) in [5.74, 6) is 0.143. The highest BCUT2D eigenvalue weighted by Gasteiger charge is 2.26. The van der Waals surface area contributed by atoms with Gasteiger partial charge < -0.3 is 20.0 Å². The minimum atomic E-state index is -0.198. The Hall–Kier alpha value is -2.90. The number of likely N-dealkylation sites (N-methyl/N-ethyl adjacent to an activating group) is 1. The Kier molecular flexibility index (Phi) is 5.16. The number of carbonyl (C=O) groups excluding carboxylic acids is 1. The first kappa shape index (κ1) is 20.0. The Morgan fingerprint density at radius 3 is 2.65 bits per heavy atom. The first-order valence-electron chi connectivity index (χ1n) is 10.6. The lowest BCUT2D eigenvalue weighted by atomic mass is 10.1. The van der Waals surface area contributed by atoms with Gasteiger partial charge in [-0.2, -0.15) is 0 Å². The molecule has 7 heteroatoms. The molecule has 1 N–H and O–H groups in total. The van der Waals surface area contributed by atoms with Crippen LogP contribution in [0.1, 0.15) is 20.8 Å². The molecule has 0 saturated carbocycles. The van der Waals surface area contributed by atoms with Crippen molar-refractivity contribution in [3.05, 3.63) is 58.5 Å². The lowest BCUT2D eigenvalue weighted by Crippen LogP contribution is -2.46. The average molecular weight is 434 g/mol. The van der Waals surface area contributed by atoms with Crippen molar-refractivity contribution in [3.63, 3.8) is 0 Å². The molecular formula is C24H27N5OS. The molecule has 0 aliphatic carbocycles. The molecule has 1 fully saturated rings. The molecule has 1 unspecified atom stereocenters. The zero-order valence-electron chi connectivity index (χ0n) is 18.1. The SMILES string of the molecule is Cc1ccccc1NC1N=Cc2ccc3sc(C(=O)N4CCN(C)CC4)cc3c2N1C. The van der Waals surface area contributed by atoms with Gasteiger partial charge in [0.2, 0.25) is 0 Å². The predicted octanol–water partition coefficient (Wildman–Crippen LogP) is 3.86. The van der Waals surface area contributed by atoms with Crippen LogP contribution in [-0.4, -0.2) is 68.5 Å². The van der Waals surface area contributed by atoms with Crippen LogP contribution < -0.4 is 10.2 Å². The first-order chi connectivity index (χ1) is 15.0. The van der Waals surface area contributed by atoms with Gasteiger partial charge in [0.05, 0.1) is 10.6 Å². The number of aliphatic imine (C=N–C) groups is 1. The molecule has 6 nitrogen and oxygen atoms in total. The highest BCUT2D eigenvalue weighted by atomic mass is 32.1. The zero-order chi connectivity index (χ0) is 21.5. The molecule has 3 heterocycles. The highest BCUT2D eigenvalue weighted by Crippen LogP contribution is 2.38. The van der Waals surface area contributed by atoms with E-state index in [1.54, 1.807) is 11.3 Å². The van der Waals surface area contributed by atoms with Crippen LogP contribution in [0.4, 0.5) is 11.4 Å². The second-order valence-corrected chi connectivity index (χ2v) is 9.43. The van der Waals surface area contributed by atoms with Crippen LogP contribution in [-0.2, 0) is 0 Å². The fourth-order valence-corrected chi connectivity index (χ4v) is 5.30. The van der Waals surface area contributed by atoms with Gasteiger partial charge in [-0.3, -0.25) is 4.79 Å². The normalized spacial score (nSPS) is 19.0. The van der Waals surface area contributed by atoms with Crippen LogP contribution in [0, 0.1) is 6.92 Å². The third kappa shape index (κ3) is 3.68. The molecule has 1 atom stereocenters. The summed E-state index contributed by atoms with van der Waals surface area (Å²) in [6.45, 7) is 5.53. The molecule has 3 aromatic rings. The Morgan fingerprint density at radius 2 is 1.87 bits per heavy atom. The topological polar surface area (TPSA) is 51.2 Å². The molecule has 31 heavy (non-hydrogen) atoms. The molecule has 0 bridgehead atoms. The molecule has 2 aliphatic rings. The van der Waals surface area contributed by atoms with E-state index >= 15 is 0 Å². The molecule has 0 radical (unpaired) electrons. The molecule has 1 aromatic heterocycles. The second kappa shape index (κ2) is 7.98. The number of rotatable bonds is 3. The lowest BCUT2D eigenvalue weighted by molar-refractivity contribution is 0.0669. The summed E-state index contributed by atoms with van der Waals surface area (Å²) < 4.78 is 1.13. The number of anilines is 2. The van der Waals surface area contributed by atoms with Gasteiger partial charge >= 0.3 is 0 Å². The van der Waals surface area contributed by atoms with Crippen LogP contribution in [0.2, 0.25) is 0 Å². The lowest BCUT2D eigenvalue weighted by Gasteiger charge is -2.33. The minimum Gasteiger partial charge on any atom is -0.347 e. The maximum absolute atomic E-state index is 13.1. The molecule has 1 saturated heterocycles. The van der Waals surface area contributed by atoms with Crippen molar-refractivity contribution in [1.29, 1.82) is 0 Å². The molecule has 2 aliphatic heterocycles. The van der Waals surface area contributed by atoms with Gasteiger partial charge in [-0.15, -0.1) is 11.3 Å². The Balaban J connectivity index is 1.46. The van der Waals surface area contributed by atoms with E-state index in [4.69, 9.17) is 4.99 Å². The van der Waals surface area contributed by atoms with Crippen LogP contribution in [0.5, 0.6) is 0 Å². The summed E-state index contributed by atoms with van der Waals surface area (Å²) >= 11 is 1.59. The number of para-hydroxylation sites is 1. The number of nitrogens with zero attached hydrogens (tertiary/aromatic N) is 4. The molecule has 2 aromatic carbocycles. The van der Waals surface area contributed by atoms with Gasteiger partial charge in [0.15, 0.2) is 6.29 Å². The summed E-state index contributed by atoms with van der Waals surface area (Å²) in [7, 11) is 4.16. The van der Waals surface area contributed by atoms with Gasteiger partial charge in [0.1, 0.15) is 0 Å². The fourth-order valence-electron chi connectivity index (χ4n) is 4.26. The van der Waals surface area contributed by atoms with Crippen LogP contribution >= 0.6 is 11.3 Å². The quantitative estimate of drug-likeness (QED) is 0.682. The van der Waals surface area contributed by atoms with Crippen molar-refractivity contribution < 1.29 is 4.79 Å². The number of benzene rings is 2. The Bertz CT molecular complexity index is 1160. The maximum atomic E-state index is 13.1. The van der Waals surface area contributed by atoms with E-state index < -0.39 is 0 Å². The number of carbonyl (C=O) groups is 1. The number of thiophene rings is 1. The molecule has 160 valence electrons. The van der Waals surface area contributed by atoms with Crippen molar-refractivity contribution in [2.45, 2.75) is 13.2 Å². The second-order valence-electron chi connectivity index (χ2n) is 8.34. The van der Waals surface area contributed by atoms with Gasteiger partial charge in [0, 0.05) is 60.8 Å².